The largest absolute Gasteiger partial charge is 0.478 e. The van der Waals surface area contributed by atoms with Gasteiger partial charge in [0.25, 0.3) is 11.8 Å². The number of aliphatic carboxylic acids is 1. The minimum atomic E-state index is -1.53. The third-order valence-electron chi connectivity index (χ3n) is 1.90. The topological polar surface area (TPSA) is 139 Å². The Balaban J connectivity index is 3.22. The predicted molar refractivity (Wildman–Crippen MR) is 49.6 cm³/mol. The van der Waals surface area contributed by atoms with Crippen LogP contribution in [0.15, 0.2) is 11.3 Å². The Hall–Kier alpha value is -2.38. The second kappa shape index (κ2) is 4.01. The second-order valence-corrected chi connectivity index (χ2v) is 3.08. The molecular formula is C8H9N3O5. The van der Waals surface area contributed by atoms with E-state index in [-0.39, 0.29) is 0 Å². The number of nitrogens with two attached hydrogens (primary N) is 1. The van der Waals surface area contributed by atoms with Gasteiger partial charge in [0.2, 0.25) is 5.91 Å². The summed E-state index contributed by atoms with van der Waals surface area (Å²) in [5.74, 6) is -4.05. The van der Waals surface area contributed by atoms with Gasteiger partial charge in [-0.25, -0.2) is 4.79 Å². The first kappa shape index (κ1) is 11.7. The zero-order valence-electron chi connectivity index (χ0n) is 8.23. The van der Waals surface area contributed by atoms with Crippen LogP contribution >= 0.6 is 0 Å². The number of hydrogen-bond donors (Lipinski definition) is 4. The molecule has 16 heavy (non-hydrogen) atoms. The SMILES string of the molecule is CC(=O)N[C@H]1C(=O)NC(=O)C(N)=C1C(=O)O. The highest BCUT2D eigenvalue weighted by molar-refractivity contribution is 6.17. The van der Waals surface area contributed by atoms with Crippen LogP contribution in [-0.2, 0) is 19.2 Å². The molecule has 5 N–H and O–H groups in total. The maximum atomic E-state index is 11.3. The number of carbonyl (C=O) groups is 4. The van der Waals surface area contributed by atoms with Crippen LogP contribution < -0.4 is 16.4 Å². The molecule has 1 aliphatic heterocycles. The molecule has 0 unspecified atom stereocenters. The monoisotopic (exact) mass is 227 g/mol. The van der Waals surface area contributed by atoms with Gasteiger partial charge in [-0.1, -0.05) is 0 Å². The van der Waals surface area contributed by atoms with Crippen LogP contribution in [0.2, 0.25) is 0 Å². The molecule has 8 nitrogen and oxygen atoms in total. The summed E-state index contributed by atoms with van der Waals surface area (Å²) in [6, 6.07) is -1.45. The van der Waals surface area contributed by atoms with Crippen molar-refractivity contribution in [2.24, 2.45) is 5.73 Å². The maximum Gasteiger partial charge on any atom is 0.336 e. The fraction of sp³-hybridized carbons (Fsp3) is 0.250. The van der Waals surface area contributed by atoms with Crippen molar-refractivity contribution in [3.8, 4) is 0 Å². The Morgan fingerprint density at radius 1 is 1.44 bits per heavy atom. The first-order chi connectivity index (χ1) is 7.34. The zero-order valence-corrected chi connectivity index (χ0v) is 8.23. The Morgan fingerprint density at radius 2 is 2.00 bits per heavy atom. The van der Waals surface area contributed by atoms with Gasteiger partial charge in [0, 0.05) is 6.92 Å². The third kappa shape index (κ3) is 2.00. The fourth-order valence-corrected chi connectivity index (χ4v) is 1.24. The van der Waals surface area contributed by atoms with E-state index in [1.54, 1.807) is 0 Å². The highest BCUT2D eigenvalue weighted by Gasteiger charge is 2.37. The normalized spacial score (nSPS) is 20.4. The molecule has 0 radical (unpaired) electrons. The molecule has 0 saturated carbocycles. The summed E-state index contributed by atoms with van der Waals surface area (Å²) in [7, 11) is 0. The average molecular weight is 227 g/mol. The van der Waals surface area contributed by atoms with Gasteiger partial charge in [0.15, 0.2) is 0 Å². The number of rotatable bonds is 2. The van der Waals surface area contributed by atoms with Crippen molar-refractivity contribution in [3.63, 3.8) is 0 Å². The summed E-state index contributed by atoms with van der Waals surface area (Å²) >= 11 is 0. The van der Waals surface area contributed by atoms with Crippen molar-refractivity contribution in [1.29, 1.82) is 0 Å². The van der Waals surface area contributed by atoms with Crippen LogP contribution in [0.4, 0.5) is 0 Å². The van der Waals surface area contributed by atoms with E-state index in [0.29, 0.717) is 0 Å². The van der Waals surface area contributed by atoms with Gasteiger partial charge < -0.3 is 16.2 Å². The summed E-state index contributed by atoms with van der Waals surface area (Å²) < 4.78 is 0. The van der Waals surface area contributed by atoms with E-state index in [1.807, 2.05) is 5.32 Å². The number of nitrogens with one attached hydrogen (secondary N) is 2. The van der Waals surface area contributed by atoms with E-state index >= 15 is 0 Å². The first-order valence-corrected chi connectivity index (χ1v) is 4.19. The smallest absolute Gasteiger partial charge is 0.336 e. The minimum Gasteiger partial charge on any atom is -0.478 e. The van der Waals surface area contributed by atoms with Gasteiger partial charge in [0.1, 0.15) is 11.7 Å². The van der Waals surface area contributed by atoms with Gasteiger partial charge in [-0.3, -0.25) is 19.7 Å². The second-order valence-electron chi connectivity index (χ2n) is 3.08. The number of carboxylic acid groups (broad SMARTS) is 1. The van der Waals surface area contributed by atoms with E-state index in [9.17, 15) is 19.2 Å². The number of hydrogen-bond acceptors (Lipinski definition) is 5. The standard InChI is InChI=1S/C8H9N3O5/c1-2(12)10-5-3(8(15)16)4(9)6(13)11-7(5)14/h5H,9H2,1H3,(H,10,12)(H,15,16)(H,11,13,14)/t5-/m1/s1. The van der Waals surface area contributed by atoms with Gasteiger partial charge >= 0.3 is 5.97 Å². The van der Waals surface area contributed by atoms with Crippen molar-refractivity contribution in [1.82, 2.24) is 10.6 Å². The van der Waals surface area contributed by atoms with Crippen LogP contribution in [-0.4, -0.2) is 34.8 Å². The van der Waals surface area contributed by atoms with Crippen molar-refractivity contribution >= 4 is 23.7 Å². The molecule has 8 heteroatoms. The molecule has 0 aromatic rings. The fourth-order valence-electron chi connectivity index (χ4n) is 1.24. The maximum absolute atomic E-state index is 11.3. The van der Waals surface area contributed by atoms with E-state index in [1.165, 1.54) is 0 Å². The molecule has 0 bridgehead atoms. The highest BCUT2D eigenvalue weighted by atomic mass is 16.4. The number of carbonyl (C=O) groups excluding carboxylic acids is 3. The first-order valence-electron chi connectivity index (χ1n) is 4.19. The number of amides is 3. The molecule has 0 aromatic carbocycles. The quantitative estimate of drug-likeness (QED) is 0.383. The summed E-state index contributed by atoms with van der Waals surface area (Å²) in [4.78, 5) is 44.0. The number of imide groups is 1. The Labute approximate surface area is 89.5 Å². The Bertz CT molecular complexity index is 425. The van der Waals surface area contributed by atoms with Gasteiger partial charge in [0.05, 0.1) is 5.57 Å². The molecule has 0 aliphatic carbocycles. The molecule has 1 rings (SSSR count). The van der Waals surface area contributed by atoms with Gasteiger partial charge in [-0.2, -0.15) is 0 Å². The Kier molecular flexibility index (Phi) is 2.93. The lowest BCUT2D eigenvalue weighted by atomic mass is 10.00. The Morgan fingerprint density at radius 3 is 2.44 bits per heavy atom. The predicted octanol–water partition coefficient (Wildman–Crippen LogP) is -2.56. The lowest BCUT2D eigenvalue weighted by molar-refractivity contribution is -0.138. The molecule has 0 aromatic heterocycles. The molecule has 1 atom stereocenters. The molecule has 3 amide bonds. The molecule has 86 valence electrons. The van der Waals surface area contributed by atoms with Crippen molar-refractivity contribution in [2.75, 3.05) is 0 Å². The lowest BCUT2D eigenvalue weighted by Gasteiger charge is -2.23. The van der Waals surface area contributed by atoms with E-state index in [0.717, 1.165) is 6.92 Å². The molecule has 0 fully saturated rings. The third-order valence-corrected chi connectivity index (χ3v) is 1.90. The van der Waals surface area contributed by atoms with Crippen molar-refractivity contribution < 1.29 is 24.3 Å². The van der Waals surface area contributed by atoms with Crippen molar-refractivity contribution in [2.45, 2.75) is 13.0 Å². The summed E-state index contributed by atoms with van der Waals surface area (Å²) in [6.07, 6.45) is 0. The summed E-state index contributed by atoms with van der Waals surface area (Å²) in [6.45, 7) is 1.11. The van der Waals surface area contributed by atoms with Crippen LogP contribution in [0.1, 0.15) is 6.92 Å². The van der Waals surface area contributed by atoms with Crippen LogP contribution in [0, 0.1) is 0 Å². The number of carboxylic acids is 1. The van der Waals surface area contributed by atoms with Crippen LogP contribution in [0.25, 0.3) is 0 Å². The highest BCUT2D eigenvalue weighted by Crippen LogP contribution is 2.12. The van der Waals surface area contributed by atoms with Crippen LogP contribution in [0.5, 0.6) is 0 Å². The van der Waals surface area contributed by atoms with Crippen molar-refractivity contribution in [3.05, 3.63) is 11.3 Å². The molecule has 0 saturated heterocycles. The van der Waals surface area contributed by atoms with E-state index in [2.05, 4.69) is 5.32 Å². The summed E-state index contributed by atoms with van der Waals surface area (Å²) in [5.41, 5.74) is 4.02. The zero-order chi connectivity index (χ0) is 12.5. The van der Waals surface area contributed by atoms with Gasteiger partial charge in [-0.15, -0.1) is 0 Å². The van der Waals surface area contributed by atoms with Gasteiger partial charge in [-0.05, 0) is 0 Å². The lowest BCUT2D eigenvalue weighted by Crippen LogP contribution is -2.56. The van der Waals surface area contributed by atoms with E-state index < -0.39 is 41.0 Å². The average Bonchev–Trinajstić information content (AvgIpc) is 2.13. The molecule has 1 aliphatic rings. The molecule has 1 heterocycles. The molecular weight excluding hydrogens is 218 g/mol. The molecule has 0 spiro atoms. The summed E-state index contributed by atoms with van der Waals surface area (Å²) in [5, 5.41) is 12.7. The minimum absolute atomic E-state index is 0.592. The van der Waals surface area contributed by atoms with E-state index in [4.69, 9.17) is 10.8 Å². The van der Waals surface area contributed by atoms with Crippen LogP contribution in [0.3, 0.4) is 0 Å².